The Bertz CT molecular complexity index is 1280. The molecule has 9 heteroatoms. The predicted octanol–water partition coefficient (Wildman–Crippen LogP) is 7.26. The summed E-state index contributed by atoms with van der Waals surface area (Å²) < 4.78 is 38.0. The first-order valence-corrected chi connectivity index (χ1v) is 13.1. The van der Waals surface area contributed by atoms with Gasteiger partial charge in [-0.2, -0.15) is 4.98 Å². The molecule has 0 spiro atoms. The highest BCUT2D eigenvalue weighted by atomic mass is 35.5. The van der Waals surface area contributed by atoms with Crippen LogP contribution in [0.3, 0.4) is 0 Å². The molecule has 0 saturated heterocycles. The third-order valence-corrected chi connectivity index (χ3v) is 6.05. The van der Waals surface area contributed by atoms with Crippen molar-refractivity contribution in [2.24, 2.45) is 0 Å². The molecule has 170 valence electrons. The van der Waals surface area contributed by atoms with E-state index in [1.54, 1.807) is 0 Å². The Labute approximate surface area is 198 Å². The van der Waals surface area contributed by atoms with Gasteiger partial charge in [0.15, 0.2) is 18.0 Å². The number of hydrogen-bond acceptors (Lipinski definition) is 5. The number of benzene rings is 2. The van der Waals surface area contributed by atoms with E-state index in [4.69, 9.17) is 11.6 Å². The van der Waals surface area contributed by atoms with Gasteiger partial charge in [-0.3, -0.25) is 0 Å². The lowest BCUT2D eigenvalue weighted by molar-refractivity contribution is 0.593. The quantitative estimate of drug-likeness (QED) is 0.299. The first-order chi connectivity index (χ1) is 15.4. The molecule has 32 heavy (non-hydrogen) atoms. The van der Waals surface area contributed by atoms with Gasteiger partial charge in [0.05, 0.1) is 10.7 Å². The van der Waals surface area contributed by atoms with Gasteiger partial charge in [0.2, 0.25) is 15.0 Å². The van der Waals surface area contributed by atoms with Crippen LogP contribution >= 0.6 is 23.9 Å². The smallest absolute Gasteiger partial charge is 0.227 e. The second kappa shape index (κ2) is 11.4. The van der Waals surface area contributed by atoms with Crippen molar-refractivity contribution in [3.05, 3.63) is 65.7 Å². The van der Waals surface area contributed by atoms with Crippen LogP contribution in [0, 0.1) is 0 Å². The van der Waals surface area contributed by atoms with Crippen LogP contribution in [0.1, 0.15) is 27.7 Å². The molecule has 0 aliphatic carbocycles. The number of rotatable bonds is 4. The summed E-state index contributed by atoms with van der Waals surface area (Å²) >= 11 is 6.11. The highest BCUT2D eigenvalue weighted by Crippen LogP contribution is 2.33. The lowest BCUT2D eigenvalue weighted by Gasteiger charge is -2.06. The number of imidazole rings is 1. The zero-order valence-corrected chi connectivity index (χ0v) is 20.9. The standard InChI is InChI=1S/C19H13ClFN3O2S2.2C2H6/c1-28(25,26)19-23-18-16(24(19)27-21)11-15(20)17(22-18)14-9-7-13(8-10-14)12-5-3-2-4-6-12;2*1-2/h2-11H,1H3;2*1-2H3. The van der Waals surface area contributed by atoms with Crippen LogP contribution in [-0.4, -0.2) is 28.6 Å². The number of sulfone groups is 1. The van der Waals surface area contributed by atoms with Crippen LogP contribution in [-0.2, 0) is 9.84 Å². The van der Waals surface area contributed by atoms with Crippen LogP contribution in [0.25, 0.3) is 33.5 Å². The summed E-state index contributed by atoms with van der Waals surface area (Å²) in [4.78, 5) is 8.37. The summed E-state index contributed by atoms with van der Waals surface area (Å²) in [5.41, 5.74) is 3.62. The molecule has 0 unspecified atom stereocenters. The normalized spacial score (nSPS) is 10.7. The van der Waals surface area contributed by atoms with Gasteiger partial charge in [0, 0.05) is 11.8 Å². The molecule has 4 aromatic rings. The average Bonchev–Trinajstić information content (AvgIpc) is 3.20. The Balaban J connectivity index is 0.000000860. The minimum Gasteiger partial charge on any atom is -0.227 e. The van der Waals surface area contributed by atoms with E-state index in [0.717, 1.165) is 26.9 Å². The van der Waals surface area contributed by atoms with Gasteiger partial charge in [-0.15, -0.1) is 3.89 Å². The Hall–Kier alpha value is -2.42. The molecule has 0 aliphatic rings. The molecule has 0 bridgehead atoms. The molecule has 2 aromatic carbocycles. The SMILES string of the molecule is CC.CC.CS(=O)(=O)c1nc2nc(-c3ccc(-c4ccccc4)cc3)c(Cl)cc2n1SF. The lowest BCUT2D eigenvalue weighted by Crippen LogP contribution is -2.03. The van der Waals surface area contributed by atoms with Crippen LogP contribution in [0.4, 0.5) is 3.89 Å². The van der Waals surface area contributed by atoms with E-state index >= 15 is 0 Å². The summed E-state index contributed by atoms with van der Waals surface area (Å²) in [5.74, 6) is 0. The fourth-order valence-electron chi connectivity index (χ4n) is 2.89. The van der Waals surface area contributed by atoms with Crippen molar-refractivity contribution >= 4 is 44.9 Å². The lowest BCUT2D eigenvalue weighted by atomic mass is 10.0. The minimum absolute atomic E-state index is 0.108. The zero-order chi connectivity index (χ0) is 23.9. The zero-order valence-electron chi connectivity index (χ0n) is 18.5. The van der Waals surface area contributed by atoms with E-state index in [2.05, 4.69) is 9.97 Å². The summed E-state index contributed by atoms with van der Waals surface area (Å²) in [6, 6.07) is 19.0. The molecule has 2 aromatic heterocycles. The topological polar surface area (TPSA) is 64.8 Å². The van der Waals surface area contributed by atoms with Crippen LogP contribution < -0.4 is 0 Å². The first-order valence-electron chi connectivity index (χ1n) is 10.1. The summed E-state index contributed by atoms with van der Waals surface area (Å²) in [6.45, 7) is 8.00. The number of fused-ring (bicyclic) bond motifs is 1. The Kier molecular flexibility index (Phi) is 9.24. The number of hydrogen-bond donors (Lipinski definition) is 0. The molecule has 0 radical (unpaired) electrons. The van der Waals surface area contributed by atoms with Gasteiger partial charge >= 0.3 is 0 Å². The molecule has 0 amide bonds. The highest BCUT2D eigenvalue weighted by molar-refractivity contribution is 7.94. The molecule has 0 atom stereocenters. The van der Waals surface area contributed by atoms with Crippen LogP contribution in [0.5, 0.6) is 0 Å². The van der Waals surface area contributed by atoms with E-state index in [-0.39, 0.29) is 28.5 Å². The van der Waals surface area contributed by atoms with Crippen molar-refractivity contribution in [1.29, 1.82) is 0 Å². The summed E-state index contributed by atoms with van der Waals surface area (Å²) in [7, 11) is -3.73. The summed E-state index contributed by atoms with van der Waals surface area (Å²) in [5, 5.41) is -0.134. The fraction of sp³-hybridized carbons (Fsp3) is 0.217. The van der Waals surface area contributed by atoms with E-state index < -0.39 is 15.0 Å². The van der Waals surface area contributed by atoms with Crippen LogP contribution in [0.2, 0.25) is 5.02 Å². The predicted molar refractivity (Wildman–Crippen MR) is 133 cm³/mol. The molecule has 2 heterocycles. The van der Waals surface area contributed by atoms with Crippen molar-refractivity contribution in [3.63, 3.8) is 0 Å². The molecule has 4 rings (SSSR count). The average molecular weight is 494 g/mol. The van der Waals surface area contributed by atoms with Crippen molar-refractivity contribution in [1.82, 2.24) is 13.9 Å². The molecule has 5 nitrogen and oxygen atoms in total. The van der Waals surface area contributed by atoms with Gasteiger partial charge in [0.1, 0.15) is 5.52 Å². The Morgan fingerprint density at radius 2 is 1.41 bits per heavy atom. The Morgan fingerprint density at radius 1 is 0.875 bits per heavy atom. The third-order valence-electron chi connectivity index (χ3n) is 4.20. The van der Waals surface area contributed by atoms with Gasteiger partial charge in [-0.25, -0.2) is 17.4 Å². The van der Waals surface area contributed by atoms with Gasteiger partial charge in [0.25, 0.3) is 0 Å². The van der Waals surface area contributed by atoms with Gasteiger partial charge < -0.3 is 0 Å². The maximum atomic E-state index is 13.3. The van der Waals surface area contributed by atoms with E-state index in [0.29, 0.717) is 5.69 Å². The molecular weight excluding hydrogens is 469 g/mol. The van der Waals surface area contributed by atoms with E-state index in [1.165, 1.54) is 6.07 Å². The molecule has 0 aliphatic heterocycles. The second-order valence-electron chi connectivity index (χ2n) is 6.13. The molecule has 0 fully saturated rings. The molecule has 0 N–H and O–H groups in total. The summed E-state index contributed by atoms with van der Waals surface area (Å²) in [6.07, 6.45) is 0.964. The van der Waals surface area contributed by atoms with Crippen molar-refractivity contribution in [3.8, 4) is 22.4 Å². The monoisotopic (exact) mass is 493 g/mol. The Morgan fingerprint density at radius 3 is 1.94 bits per heavy atom. The minimum atomic E-state index is -3.73. The number of nitrogens with zero attached hydrogens (tertiary/aromatic N) is 3. The molecule has 0 saturated carbocycles. The largest absolute Gasteiger partial charge is 0.242 e. The number of halogens is 2. The second-order valence-corrected chi connectivity index (χ2v) is 8.95. The van der Waals surface area contributed by atoms with E-state index in [1.807, 2.05) is 82.3 Å². The maximum absolute atomic E-state index is 13.3. The molecular formula is C23H25ClFN3O2S2. The van der Waals surface area contributed by atoms with Gasteiger partial charge in [-0.1, -0.05) is 93.9 Å². The third kappa shape index (κ3) is 5.49. The maximum Gasteiger partial charge on any atom is 0.242 e. The van der Waals surface area contributed by atoms with Crippen molar-refractivity contribution in [2.75, 3.05) is 6.26 Å². The fourth-order valence-corrected chi connectivity index (χ4v) is 4.60. The van der Waals surface area contributed by atoms with Crippen molar-refractivity contribution in [2.45, 2.75) is 32.9 Å². The van der Waals surface area contributed by atoms with Gasteiger partial charge in [-0.05, 0) is 17.2 Å². The first kappa shape index (κ1) is 25.8. The van der Waals surface area contributed by atoms with E-state index in [9.17, 15) is 12.3 Å². The highest BCUT2D eigenvalue weighted by Gasteiger charge is 2.23. The number of pyridine rings is 1. The number of aromatic nitrogens is 3. The van der Waals surface area contributed by atoms with Crippen LogP contribution in [0.15, 0.2) is 65.8 Å². The van der Waals surface area contributed by atoms with Crippen molar-refractivity contribution < 1.29 is 12.3 Å².